The van der Waals surface area contributed by atoms with Gasteiger partial charge in [-0.25, -0.2) is 0 Å². The van der Waals surface area contributed by atoms with Crippen molar-refractivity contribution in [2.24, 2.45) is 5.92 Å². The van der Waals surface area contributed by atoms with Crippen molar-refractivity contribution in [1.29, 1.82) is 0 Å². The summed E-state index contributed by atoms with van der Waals surface area (Å²) in [5, 5.41) is 0. The van der Waals surface area contributed by atoms with Gasteiger partial charge >= 0.3 is 33.0 Å². The molecule has 0 heterocycles. The van der Waals surface area contributed by atoms with E-state index in [-0.39, 0.29) is 5.60 Å². The first-order valence-electron chi connectivity index (χ1n) is 3.87. The van der Waals surface area contributed by atoms with Crippen LogP contribution < -0.4 is 0 Å². The van der Waals surface area contributed by atoms with E-state index in [1.165, 1.54) is 0 Å². The van der Waals surface area contributed by atoms with Crippen molar-refractivity contribution in [3.05, 3.63) is 0 Å². The van der Waals surface area contributed by atoms with E-state index < -0.39 is 7.81 Å². The number of hydrogen-bond acceptors (Lipinski definition) is 1. The van der Waals surface area contributed by atoms with Gasteiger partial charge in [0.25, 0.3) is 0 Å². The minimum atomic E-state index is -10.7. The summed E-state index contributed by atoms with van der Waals surface area (Å²) in [6.45, 7) is 8.34. The van der Waals surface area contributed by atoms with Crippen LogP contribution in [0.1, 0.15) is 27.7 Å². The van der Waals surface area contributed by atoms with Gasteiger partial charge in [0, 0.05) is 0 Å². The Morgan fingerprint density at radius 1 is 1.00 bits per heavy atom. The number of hydrogen-bond donors (Lipinski definition) is 0. The SMILES string of the molecule is CC(C)C(C)(C)O[SH2+].F[P-](F)(F)(F)(F)F. The monoisotopic (exact) mass is 280 g/mol. The van der Waals surface area contributed by atoms with Gasteiger partial charge in [-0.1, -0.05) is 13.8 Å². The predicted octanol–water partition coefficient (Wildman–Crippen LogP) is 4.75. The summed E-state index contributed by atoms with van der Waals surface area (Å²) in [6, 6.07) is 0. The second-order valence-electron chi connectivity index (χ2n) is 3.82. The van der Waals surface area contributed by atoms with Crippen LogP contribution in [0.4, 0.5) is 25.2 Å². The summed E-state index contributed by atoms with van der Waals surface area (Å²) in [5.41, 5.74) is -0.0448. The van der Waals surface area contributed by atoms with Gasteiger partial charge in [0.1, 0.15) is 18.5 Å². The van der Waals surface area contributed by atoms with Gasteiger partial charge in [-0.15, -0.1) is 0 Å². The molecule has 0 aliphatic rings. The summed E-state index contributed by atoms with van der Waals surface area (Å²) >= 11 is 3.02. The molecule has 0 aromatic carbocycles. The molecule has 0 spiro atoms. The Morgan fingerprint density at radius 2 is 1.20 bits per heavy atom. The third-order valence-electron chi connectivity index (χ3n) is 1.65. The van der Waals surface area contributed by atoms with Crippen molar-refractivity contribution in [3.63, 3.8) is 0 Å². The maximum absolute atomic E-state index is 10.7. The number of rotatable bonds is 2. The standard InChI is InChI=1S/C6H14OS.F6P/c1-5(2)6(3,4)7-8;1-7(2,3,4,5)6/h5,8H,1-4H3;/q;-1/p+1. The topological polar surface area (TPSA) is 9.23 Å². The Kier molecular flexibility index (Phi) is 4.68. The Bertz CT molecular complexity index is 195. The molecule has 0 amide bonds. The zero-order valence-corrected chi connectivity index (χ0v) is 10.6. The van der Waals surface area contributed by atoms with E-state index in [4.69, 9.17) is 4.18 Å². The van der Waals surface area contributed by atoms with Crippen LogP contribution in [0, 0.1) is 5.92 Å². The van der Waals surface area contributed by atoms with Gasteiger partial charge in [-0.2, -0.15) is 4.18 Å². The molecule has 0 N–H and O–H groups in total. The molecule has 0 aromatic rings. The summed E-state index contributed by atoms with van der Waals surface area (Å²) in [5.74, 6) is 0.542. The van der Waals surface area contributed by atoms with Crippen molar-refractivity contribution >= 4 is 20.7 Å². The first-order chi connectivity index (χ1) is 5.95. The fourth-order valence-electron chi connectivity index (χ4n) is 0.118. The molecule has 0 saturated carbocycles. The van der Waals surface area contributed by atoms with Crippen LogP contribution in [0.15, 0.2) is 0 Å². The summed E-state index contributed by atoms with van der Waals surface area (Å²) in [4.78, 5) is 0. The van der Waals surface area contributed by atoms with E-state index in [9.17, 15) is 25.2 Å². The Labute approximate surface area is 90.0 Å². The van der Waals surface area contributed by atoms with Crippen LogP contribution in [0.5, 0.6) is 0 Å². The van der Waals surface area contributed by atoms with Crippen LogP contribution in [0.3, 0.4) is 0 Å². The molecule has 0 aliphatic carbocycles. The number of halogens is 6. The Morgan fingerprint density at radius 3 is 1.20 bits per heavy atom. The minimum absolute atomic E-state index is 0.0448. The van der Waals surface area contributed by atoms with Gasteiger partial charge in [0.15, 0.2) is 0 Å². The van der Waals surface area contributed by atoms with Crippen LogP contribution >= 0.6 is 7.81 Å². The van der Waals surface area contributed by atoms with Crippen molar-refractivity contribution < 1.29 is 29.4 Å². The van der Waals surface area contributed by atoms with E-state index in [0.717, 1.165) is 0 Å². The van der Waals surface area contributed by atoms with Gasteiger partial charge in [0.05, 0.1) is 0 Å². The van der Waals surface area contributed by atoms with Crippen molar-refractivity contribution in [2.45, 2.75) is 33.3 Å². The van der Waals surface area contributed by atoms with Crippen molar-refractivity contribution in [2.75, 3.05) is 0 Å². The maximum atomic E-state index is 9.87. The second kappa shape index (κ2) is 3.96. The van der Waals surface area contributed by atoms with Crippen LogP contribution in [0.25, 0.3) is 0 Å². The fraction of sp³-hybridized carbons (Fsp3) is 1.00. The molecule has 0 bridgehead atoms. The molecular weight excluding hydrogens is 265 g/mol. The summed E-state index contributed by atoms with van der Waals surface area (Å²) in [6.07, 6.45) is 0. The van der Waals surface area contributed by atoms with Crippen LogP contribution in [-0.4, -0.2) is 5.60 Å². The molecule has 15 heavy (non-hydrogen) atoms. The third-order valence-corrected chi connectivity index (χ3v) is 2.18. The van der Waals surface area contributed by atoms with E-state index >= 15 is 0 Å². The summed E-state index contributed by atoms with van der Waals surface area (Å²) in [7, 11) is -10.7. The zero-order chi connectivity index (χ0) is 13.2. The first-order valence-corrected chi connectivity index (χ1v) is 6.30. The molecule has 0 unspecified atom stereocenters. The molecule has 98 valence electrons. The summed E-state index contributed by atoms with van der Waals surface area (Å²) < 4.78 is 64.2. The van der Waals surface area contributed by atoms with Gasteiger partial charge in [-0.3, -0.25) is 0 Å². The second-order valence-corrected chi connectivity index (χ2v) is 5.94. The van der Waals surface area contributed by atoms with Gasteiger partial charge in [0.2, 0.25) is 0 Å². The molecular formula is C6H15F6OPS. The van der Waals surface area contributed by atoms with E-state index in [1.807, 2.05) is 13.8 Å². The normalized spacial score (nSPS) is 17.6. The van der Waals surface area contributed by atoms with Crippen molar-refractivity contribution in [3.8, 4) is 0 Å². The van der Waals surface area contributed by atoms with E-state index in [2.05, 4.69) is 26.8 Å². The molecule has 0 fully saturated rings. The predicted molar refractivity (Wildman–Crippen MR) is 53.7 cm³/mol. The quantitative estimate of drug-likeness (QED) is 0.403. The molecule has 9 heteroatoms. The van der Waals surface area contributed by atoms with Crippen LogP contribution in [-0.2, 0) is 17.1 Å². The first kappa shape index (κ1) is 17.7. The average molecular weight is 280 g/mol. The van der Waals surface area contributed by atoms with Crippen molar-refractivity contribution in [1.82, 2.24) is 0 Å². The van der Waals surface area contributed by atoms with Gasteiger partial charge < -0.3 is 0 Å². The van der Waals surface area contributed by atoms with E-state index in [1.54, 1.807) is 0 Å². The molecule has 0 atom stereocenters. The average Bonchev–Trinajstić information content (AvgIpc) is 1.80. The Balaban J connectivity index is 0. The van der Waals surface area contributed by atoms with E-state index in [0.29, 0.717) is 5.92 Å². The van der Waals surface area contributed by atoms with Crippen LogP contribution in [0.2, 0.25) is 0 Å². The zero-order valence-electron chi connectivity index (χ0n) is 8.70. The molecule has 0 rings (SSSR count). The third kappa shape index (κ3) is 25.0. The Hall–Kier alpha value is 0.320. The molecule has 0 aromatic heterocycles. The van der Waals surface area contributed by atoms with Gasteiger partial charge in [-0.05, 0) is 19.8 Å². The molecule has 0 saturated heterocycles. The fourth-order valence-corrected chi connectivity index (χ4v) is 0.354. The molecule has 0 radical (unpaired) electrons. The molecule has 1 nitrogen and oxygen atoms in total. The molecule has 0 aliphatic heterocycles.